The molecule has 1 aromatic heterocycles. The van der Waals surface area contributed by atoms with Crippen molar-refractivity contribution in [3.63, 3.8) is 0 Å². The quantitative estimate of drug-likeness (QED) is 0.270. The lowest BCUT2D eigenvalue weighted by atomic mass is 9.97. The molecule has 0 saturated carbocycles. The van der Waals surface area contributed by atoms with Gasteiger partial charge in [0.25, 0.3) is 0 Å². The molecule has 1 heterocycles. The predicted octanol–water partition coefficient (Wildman–Crippen LogP) is 7.06. The SMILES string of the molecule is CCc1cnc(CCc2ccc3c(F)c(CCc4ccc(C(F)(F)F)c(F)c4)ccc3c2)nc1. The lowest BCUT2D eigenvalue weighted by Crippen LogP contribution is -2.08. The van der Waals surface area contributed by atoms with Crippen molar-refractivity contribution in [2.45, 2.75) is 45.2 Å². The van der Waals surface area contributed by atoms with E-state index >= 15 is 4.39 Å². The third-order valence-corrected chi connectivity index (χ3v) is 5.92. The number of halogens is 5. The molecule has 0 saturated heterocycles. The number of hydrogen-bond donors (Lipinski definition) is 0. The van der Waals surface area contributed by atoms with E-state index < -0.39 is 17.6 Å². The Bertz CT molecular complexity index is 1300. The zero-order valence-corrected chi connectivity index (χ0v) is 18.6. The fourth-order valence-corrected chi connectivity index (χ4v) is 3.91. The van der Waals surface area contributed by atoms with Gasteiger partial charge in [-0.15, -0.1) is 0 Å². The van der Waals surface area contributed by atoms with Gasteiger partial charge in [0.05, 0.1) is 5.56 Å². The normalized spacial score (nSPS) is 11.8. The highest BCUT2D eigenvalue weighted by Crippen LogP contribution is 2.32. The molecule has 0 amide bonds. The Morgan fingerprint density at radius 1 is 0.735 bits per heavy atom. The van der Waals surface area contributed by atoms with Crippen LogP contribution in [0.5, 0.6) is 0 Å². The molecule has 0 fully saturated rings. The molecule has 3 aromatic carbocycles. The lowest BCUT2D eigenvalue weighted by Gasteiger charge is -2.11. The van der Waals surface area contributed by atoms with Crippen LogP contribution in [-0.4, -0.2) is 9.97 Å². The van der Waals surface area contributed by atoms with Crippen molar-refractivity contribution in [1.82, 2.24) is 9.97 Å². The molecule has 0 N–H and O–H groups in total. The number of benzene rings is 3. The van der Waals surface area contributed by atoms with Gasteiger partial charge in [-0.2, -0.15) is 13.2 Å². The first-order valence-corrected chi connectivity index (χ1v) is 11.1. The summed E-state index contributed by atoms with van der Waals surface area (Å²) in [4.78, 5) is 8.74. The maximum atomic E-state index is 15.1. The largest absolute Gasteiger partial charge is 0.419 e. The van der Waals surface area contributed by atoms with Crippen LogP contribution in [0.15, 0.2) is 60.9 Å². The van der Waals surface area contributed by atoms with Crippen molar-refractivity contribution in [3.05, 3.63) is 106 Å². The molecule has 0 aliphatic carbocycles. The van der Waals surface area contributed by atoms with E-state index in [0.717, 1.165) is 47.3 Å². The van der Waals surface area contributed by atoms with Crippen molar-refractivity contribution in [2.24, 2.45) is 0 Å². The van der Waals surface area contributed by atoms with E-state index in [4.69, 9.17) is 0 Å². The summed E-state index contributed by atoms with van der Waals surface area (Å²) in [6, 6.07) is 11.9. The van der Waals surface area contributed by atoms with Gasteiger partial charge in [0.1, 0.15) is 17.5 Å². The van der Waals surface area contributed by atoms with Crippen LogP contribution in [0, 0.1) is 11.6 Å². The van der Waals surface area contributed by atoms with Crippen molar-refractivity contribution >= 4 is 10.8 Å². The van der Waals surface area contributed by atoms with E-state index in [2.05, 4.69) is 9.97 Å². The third kappa shape index (κ3) is 5.41. The molecule has 0 atom stereocenters. The minimum atomic E-state index is -4.74. The first kappa shape index (κ1) is 23.8. The van der Waals surface area contributed by atoms with Crippen LogP contribution in [0.4, 0.5) is 22.0 Å². The topological polar surface area (TPSA) is 25.8 Å². The Morgan fingerprint density at radius 2 is 1.41 bits per heavy atom. The van der Waals surface area contributed by atoms with Crippen molar-refractivity contribution < 1.29 is 22.0 Å². The Morgan fingerprint density at radius 3 is 2.09 bits per heavy atom. The first-order valence-electron chi connectivity index (χ1n) is 11.1. The summed E-state index contributed by atoms with van der Waals surface area (Å²) in [5.41, 5.74) is 1.65. The van der Waals surface area contributed by atoms with Crippen LogP contribution in [0.2, 0.25) is 0 Å². The molecular formula is C27H23F5N2. The highest BCUT2D eigenvalue weighted by molar-refractivity contribution is 5.84. The summed E-state index contributed by atoms with van der Waals surface area (Å²) >= 11 is 0. The van der Waals surface area contributed by atoms with Gasteiger partial charge in [0, 0.05) is 24.2 Å². The molecular weight excluding hydrogens is 447 g/mol. The predicted molar refractivity (Wildman–Crippen MR) is 122 cm³/mol. The van der Waals surface area contributed by atoms with Crippen LogP contribution in [0.3, 0.4) is 0 Å². The van der Waals surface area contributed by atoms with Crippen molar-refractivity contribution in [2.75, 3.05) is 0 Å². The van der Waals surface area contributed by atoms with Gasteiger partial charge in [-0.05, 0) is 65.5 Å². The maximum absolute atomic E-state index is 15.1. The fourth-order valence-electron chi connectivity index (χ4n) is 3.91. The molecule has 0 spiro atoms. The molecule has 7 heteroatoms. The Labute approximate surface area is 194 Å². The minimum absolute atomic E-state index is 0.229. The average molecular weight is 470 g/mol. The summed E-state index contributed by atoms with van der Waals surface area (Å²) in [5, 5.41) is 1.24. The second-order valence-corrected chi connectivity index (χ2v) is 8.27. The Balaban J connectivity index is 1.44. The fraction of sp³-hybridized carbons (Fsp3) is 0.259. The molecule has 0 radical (unpaired) electrons. The monoisotopic (exact) mass is 470 g/mol. The van der Waals surface area contributed by atoms with Gasteiger partial charge < -0.3 is 0 Å². The zero-order valence-electron chi connectivity index (χ0n) is 18.6. The van der Waals surface area contributed by atoms with Crippen LogP contribution in [0.1, 0.15) is 40.6 Å². The number of nitrogens with zero attached hydrogens (tertiary/aromatic N) is 2. The van der Waals surface area contributed by atoms with Crippen molar-refractivity contribution in [1.29, 1.82) is 0 Å². The standard InChI is InChI=1S/C27H23F5N2/c1-2-17-15-33-25(34-16-17)12-6-18-4-10-22-21(13-18)9-8-20(26(22)29)7-3-19-5-11-23(24(28)14-19)27(30,31)32/h4-5,8-11,13-16H,2-3,6-7,12H2,1H3. The highest BCUT2D eigenvalue weighted by Gasteiger charge is 2.33. The van der Waals surface area contributed by atoms with Gasteiger partial charge >= 0.3 is 6.18 Å². The number of aryl methyl sites for hydroxylation is 5. The minimum Gasteiger partial charge on any atom is -0.241 e. The van der Waals surface area contributed by atoms with Gasteiger partial charge in [-0.3, -0.25) is 0 Å². The third-order valence-electron chi connectivity index (χ3n) is 5.92. The summed E-state index contributed by atoms with van der Waals surface area (Å²) in [6.45, 7) is 2.05. The summed E-state index contributed by atoms with van der Waals surface area (Å²) in [7, 11) is 0. The summed E-state index contributed by atoms with van der Waals surface area (Å²) in [6.07, 6.45) is 1.70. The van der Waals surface area contributed by atoms with E-state index in [1.807, 2.05) is 37.5 Å². The van der Waals surface area contributed by atoms with Gasteiger partial charge in [-0.25, -0.2) is 18.7 Å². The van der Waals surface area contributed by atoms with E-state index in [-0.39, 0.29) is 18.7 Å². The molecule has 2 nitrogen and oxygen atoms in total. The number of hydrogen-bond acceptors (Lipinski definition) is 2. The van der Waals surface area contributed by atoms with Crippen molar-refractivity contribution in [3.8, 4) is 0 Å². The van der Waals surface area contributed by atoms with E-state index in [1.54, 1.807) is 12.1 Å². The van der Waals surface area contributed by atoms with Gasteiger partial charge in [0.2, 0.25) is 0 Å². The number of rotatable bonds is 7. The van der Waals surface area contributed by atoms with Gasteiger partial charge in [-0.1, -0.05) is 43.3 Å². The lowest BCUT2D eigenvalue weighted by molar-refractivity contribution is -0.140. The Kier molecular flexibility index (Phi) is 6.91. The first-order chi connectivity index (χ1) is 16.2. The van der Waals surface area contributed by atoms with Crippen LogP contribution in [-0.2, 0) is 38.3 Å². The molecule has 0 bridgehead atoms. The summed E-state index contributed by atoms with van der Waals surface area (Å²) in [5.74, 6) is -0.920. The molecule has 0 aliphatic heterocycles. The van der Waals surface area contributed by atoms with E-state index in [9.17, 15) is 17.6 Å². The van der Waals surface area contributed by atoms with Crippen LogP contribution in [0.25, 0.3) is 10.8 Å². The zero-order chi connectivity index (χ0) is 24.3. The van der Waals surface area contributed by atoms with E-state index in [1.165, 1.54) is 6.07 Å². The van der Waals surface area contributed by atoms with Crippen LogP contribution < -0.4 is 0 Å². The molecule has 34 heavy (non-hydrogen) atoms. The summed E-state index contributed by atoms with van der Waals surface area (Å²) < 4.78 is 67.1. The smallest absolute Gasteiger partial charge is 0.241 e. The molecule has 0 unspecified atom stereocenters. The second-order valence-electron chi connectivity index (χ2n) is 8.27. The highest BCUT2D eigenvalue weighted by atomic mass is 19.4. The average Bonchev–Trinajstić information content (AvgIpc) is 2.82. The molecule has 0 aliphatic rings. The number of aromatic nitrogens is 2. The Hall–Kier alpha value is -3.35. The number of fused-ring (bicyclic) bond motifs is 1. The van der Waals surface area contributed by atoms with Crippen LogP contribution >= 0.6 is 0 Å². The second kappa shape index (κ2) is 9.87. The number of alkyl halides is 3. The molecule has 176 valence electrons. The molecule has 4 rings (SSSR count). The van der Waals surface area contributed by atoms with Gasteiger partial charge in [0.15, 0.2) is 0 Å². The van der Waals surface area contributed by atoms with E-state index in [0.29, 0.717) is 22.9 Å². The molecule has 4 aromatic rings. The maximum Gasteiger partial charge on any atom is 0.419 e.